The molecule has 0 saturated carbocycles. The number of thioether (sulfide) groups is 1. The van der Waals surface area contributed by atoms with E-state index in [1.807, 2.05) is 12.1 Å². The van der Waals surface area contributed by atoms with Gasteiger partial charge in [0.15, 0.2) is 6.04 Å². The molecule has 0 aliphatic carbocycles. The van der Waals surface area contributed by atoms with Gasteiger partial charge in [-0.25, -0.2) is 0 Å². The molecule has 2 aromatic rings. The molecular weight excluding hydrogens is 329 g/mol. The van der Waals surface area contributed by atoms with Gasteiger partial charge in [-0.3, -0.25) is 0 Å². The van der Waals surface area contributed by atoms with Crippen LogP contribution in [-0.2, 0) is 5.75 Å². The van der Waals surface area contributed by atoms with Gasteiger partial charge >= 0.3 is 0 Å². The summed E-state index contributed by atoms with van der Waals surface area (Å²) < 4.78 is 5.66. The summed E-state index contributed by atoms with van der Waals surface area (Å²) in [5, 5.41) is 9.94. The Balaban J connectivity index is 1.99. The molecule has 1 aromatic heterocycles. The first-order valence-corrected chi connectivity index (χ1v) is 8.48. The molecule has 2 rings (SSSR count). The van der Waals surface area contributed by atoms with Gasteiger partial charge in [-0.05, 0) is 24.1 Å². The summed E-state index contributed by atoms with van der Waals surface area (Å²) in [5.41, 5.74) is 5.08. The van der Waals surface area contributed by atoms with Crippen molar-refractivity contribution in [2.24, 2.45) is 5.92 Å². The fourth-order valence-corrected chi connectivity index (χ4v) is 3.06. The number of quaternary nitrogens is 1. The number of rotatable bonds is 6. The molecule has 2 atom stereocenters. The second-order valence-corrected chi connectivity index (χ2v) is 6.69. The maximum absolute atomic E-state index is 6.14. The van der Waals surface area contributed by atoms with Crippen LogP contribution in [0, 0.1) is 5.92 Å². The van der Waals surface area contributed by atoms with Crippen molar-refractivity contribution in [3.8, 4) is 0 Å². The van der Waals surface area contributed by atoms with Crippen LogP contribution in [0.2, 0.25) is 10.0 Å². The summed E-state index contributed by atoms with van der Waals surface area (Å²) in [6.45, 7) is 4.25. The first-order chi connectivity index (χ1) is 10.0. The van der Waals surface area contributed by atoms with E-state index in [9.17, 15) is 0 Å². The largest absolute Gasteiger partial charge is 0.410 e. The molecule has 0 unspecified atom stereocenters. The topological polar surface area (TPSA) is 66.6 Å². The Morgan fingerprint density at radius 3 is 2.76 bits per heavy atom. The highest BCUT2D eigenvalue weighted by Gasteiger charge is 2.23. The van der Waals surface area contributed by atoms with Crippen LogP contribution in [0.15, 0.2) is 27.8 Å². The summed E-state index contributed by atoms with van der Waals surface area (Å²) in [6, 6.07) is 5.47. The Hall–Kier alpha value is -0.750. The third-order valence-electron chi connectivity index (χ3n) is 3.44. The van der Waals surface area contributed by atoms with Crippen LogP contribution in [0.25, 0.3) is 0 Å². The van der Waals surface area contributed by atoms with Crippen LogP contribution in [0.3, 0.4) is 0 Å². The van der Waals surface area contributed by atoms with Gasteiger partial charge in [0.1, 0.15) is 0 Å². The Labute approximate surface area is 138 Å². The first kappa shape index (κ1) is 16.6. The Bertz CT molecular complexity index is 606. The monoisotopic (exact) mass is 346 g/mol. The van der Waals surface area contributed by atoms with E-state index in [1.165, 1.54) is 11.8 Å². The minimum absolute atomic E-state index is 0.0240. The summed E-state index contributed by atoms with van der Waals surface area (Å²) in [4.78, 5) is 0. The average molecular weight is 347 g/mol. The van der Waals surface area contributed by atoms with Gasteiger partial charge < -0.3 is 10.2 Å². The van der Waals surface area contributed by atoms with E-state index in [4.69, 9.17) is 27.6 Å². The van der Waals surface area contributed by atoms with Gasteiger partial charge in [-0.1, -0.05) is 54.9 Å². The maximum Gasteiger partial charge on any atom is 0.277 e. The molecule has 1 heterocycles. The summed E-state index contributed by atoms with van der Waals surface area (Å²) in [6.07, 6.45) is 1.03. The zero-order valence-corrected chi connectivity index (χ0v) is 14.3. The molecule has 21 heavy (non-hydrogen) atoms. The molecule has 3 N–H and O–H groups in total. The van der Waals surface area contributed by atoms with Crippen molar-refractivity contribution in [3.05, 3.63) is 39.7 Å². The summed E-state index contributed by atoms with van der Waals surface area (Å²) in [7, 11) is 0. The predicted octanol–water partition coefficient (Wildman–Crippen LogP) is 4.00. The van der Waals surface area contributed by atoms with Crippen LogP contribution >= 0.6 is 35.0 Å². The molecule has 7 heteroatoms. The molecule has 0 saturated heterocycles. The normalized spacial score (nSPS) is 14.1. The Kier molecular flexibility index (Phi) is 5.93. The van der Waals surface area contributed by atoms with Crippen LogP contribution in [0.1, 0.15) is 37.8 Å². The van der Waals surface area contributed by atoms with Crippen molar-refractivity contribution in [1.82, 2.24) is 10.2 Å². The summed E-state index contributed by atoms with van der Waals surface area (Å²) >= 11 is 13.5. The van der Waals surface area contributed by atoms with Crippen molar-refractivity contribution in [2.45, 2.75) is 37.3 Å². The molecule has 0 bridgehead atoms. The first-order valence-electron chi connectivity index (χ1n) is 6.74. The highest BCUT2D eigenvalue weighted by Crippen LogP contribution is 2.29. The molecule has 1 aromatic carbocycles. The Morgan fingerprint density at radius 1 is 1.33 bits per heavy atom. The average Bonchev–Trinajstić information content (AvgIpc) is 2.93. The lowest BCUT2D eigenvalue weighted by atomic mass is 10.0. The van der Waals surface area contributed by atoms with Gasteiger partial charge in [0, 0.05) is 21.7 Å². The van der Waals surface area contributed by atoms with Gasteiger partial charge in [0.05, 0.1) is 0 Å². The predicted molar refractivity (Wildman–Crippen MR) is 85.4 cm³/mol. The summed E-state index contributed by atoms with van der Waals surface area (Å²) in [5.74, 6) is 1.66. The fourth-order valence-electron chi connectivity index (χ4n) is 1.73. The highest BCUT2D eigenvalue weighted by atomic mass is 35.5. The van der Waals surface area contributed by atoms with E-state index in [0.717, 1.165) is 12.0 Å². The third-order valence-corrected chi connectivity index (χ3v) is 4.89. The number of hydrogen-bond acceptors (Lipinski definition) is 4. The number of nitrogens with zero attached hydrogens (tertiary/aromatic N) is 2. The van der Waals surface area contributed by atoms with Crippen LogP contribution < -0.4 is 5.73 Å². The number of benzene rings is 1. The molecule has 0 aliphatic heterocycles. The van der Waals surface area contributed by atoms with E-state index in [0.29, 0.717) is 32.8 Å². The number of hydrogen-bond donors (Lipinski definition) is 1. The van der Waals surface area contributed by atoms with Gasteiger partial charge in [-0.15, -0.1) is 10.2 Å². The molecule has 0 aliphatic rings. The zero-order valence-electron chi connectivity index (χ0n) is 12.0. The van der Waals surface area contributed by atoms with E-state index in [1.54, 1.807) is 6.07 Å². The van der Waals surface area contributed by atoms with Gasteiger partial charge in [-0.2, -0.15) is 0 Å². The minimum atomic E-state index is 0.0240. The third kappa shape index (κ3) is 4.36. The smallest absolute Gasteiger partial charge is 0.277 e. The second-order valence-electron chi connectivity index (χ2n) is 4.92. The lowest BCUT2D eigenvalue weighted by Crippen LogP contribution is -2.56. The lowest BCUT2D eigenvalue weighted by molar-refractivity contribution is -0.444. The zero-order chi connectivity index (χ0) is 15.4. The molecule has 0 amide bonds. The van der Waals surface area contributed by atoms with E-state index >= 15 is 0 Å². The van der Waals surface area contributed by atoms with E-state index in [-0.39, 0.29) is 6.04 Å². The van der Waals surface area contributed by atoms with Gasteiger partial charge in [0.2, 0.25) is 0 Å². The molecule has 0 spiro atoms. The van der Waals surface area contributed by atoms with Crippen LogP contribution in [0.5, 0.6) is 0 Å². The molecule has 4 nitrogen and oxygen atoms in total. The molecule has 114 valence electrons. The van der Waals surface area contributed by atoms with E-state index in [2.05, 4.69) is 29.8 Å². The quantitative estimate of drug-likeness (QED) is 0.802. The van der Waals surface area contributed by atoms with Crippen molar-refractivity contribution in [1.29, 1.82) is 0 Å². The minimum Gasteiger partial charge on any atom is -0.410 e. The van der Waals surface area contributed by atoms with E-state index < -0.39 is 0 Å². The SMILES string of the molecule is CC[C@@H](C)[C@H]([NH3+])c1nnc(SCc2ccc(Cl)cc2Cl)o1. The van der Waals surface area contributed by atoms with Crippen molar-refractivity contribution >= 4 is 35.0 Å². The lowest BCUT2D eigenvalue weighted by Gasteiger charge is -2.09. The molecular formula is C14H18Cl2N3OS+. The standard InChI is InChI=1S/C14H17Cl2N3OS/c1-3-8(2)12(17)13-18-19-14(20-13)21-7-9-4-5-10(15)6-11(9)16/h4-6,8,12H,3,7,17H2,1-2H3/p+1/t8-,12+/m1/s1. The molecule has 0 fully saturated rings. The highest BCUT2D eigenvalue weighted by molar-refractivity contribution is 7.98. The van der Waals surface area contributed by atoms with Gasteiger partial charge in [0.25, 0.3) is 11.1 Å². The van der Waals surface area contributed by atoms with Crippen LogP contribution in [-0.4, -0.2) is 10.2 Å². The fraction of sp³-hybridized carbons (Fsp3) is 0.429. The van der Waals surface area contributed by atoms with Crippen molar-refractivity contribution in [3.63, 3.8) is 0 Å². The number of halogens is 2. The molecule has 0 radical (unpaired) electrons. The van der Waals surface area contributed by atoms with Crippen molar-refractivity contribution < 1.29 is 10.2 Å². The number of aromatic nitrogens is 2. The van der Waals surface area contributed by atoms with Crippen molar-refractivity contribution in [2.75, 3.05) is 0 Å². The second kappa shape index (κ2) is 7.49. The Morgan fingerprint density at radius 2 is 2.10 bits per heavy atom. The maximum atomic E-state index is 6.14. The van der Waals surface area contributed by atoms with Crippen LogP contribution in [0.4, 0.5) is 0 Å².